The van der Waals surface area contributed by atoms with Crippen LogP contribution >= 0.6 is 22.7 Å². The van der Waals surface area contributed by atoms with Gasteiger partial charge >= 0.3 is 0 Å². The van der Waals surface area contributed by atoms with Gasteiger partial charge in [0, 0.05) is 9.75 Å². The zero-order valence-corrected chi connectivity index (χ0v) is 10.9. The predicted octanol–water partition coefficient (Wildman–Crippen LogP) is 2.87. The van der Waals surface area contributed by atoms with Gasteiger partial charge in [0.05, 0.1) is 12.1 Å². The van der Waals surface area contributed by atoms with Crippen molar-refractivity contribution in [1.82, 2.24) is 4.98 Å². The molecule has 0 saturated heterocycles. The van der Waals surface area contributed by atoms with Crippen LogP contribution in [-0.2, 0) is 24.1 Å². The normalized spacial score (nSPS) is 13.6. The quantitative estimate of drug-likeness (QED) is 0.926. The Morgan fingerprint density at radius 3 is 3.18 bits per heavy atom. The van der Waals surface area contributed by atoms with E-state index < -0.39 is 0 Å². The van der Waals surface area contributed by atoms with Gasteiger partial charge in [-0.25, -0.2) is 4.98 Å². The van der Waals surface area contributed by atoms with E-state index >= 15 is 0 Å². The monoisotopic (exact) mass is 264 g/mol. The number of aromatic nitrogens is 1. The third kappa shape index (κ3) is 2.40. The number of nitrogens with zero attached hydrogens (tertiary/aromatic N) is 1. The summed E-state index contributed by atoms with van der Waals surface area (Å²) in [5.41, 5.74) is 1.18. The summed E-state index contributed by atoms with van der Waals surface area (Å²) in [4.78, 5) is 18.7. The van der Waals surface area contributed by atoms with Crippen molar-refractivity contribution in [3.63, 3.8) is 0 Å². The molecule has 3 rings (SSSR count). The number of anilines is 1. The van der Waals surface area contributed by atoms with E-state index in [0.29, 0.717) is 6.42 Å². The Labute approximate surface area is 108 Å². The molecular formula is C12H12N2OS2. The van der Waals surface area contributed by atoms with Gasteiger partial charge in [0.15, 0.2) is 5.13 Å². The molecule has 1 N–H and O–H groups in total. The molecule has 0 unspecified atom stereocenters. The summed E-state index contributed by atoms with van der Waals surface area (Å²) in [5.74, 6) is 0.0277. The molecule has 5 heteroatoms. The number of amides is 1. The Bertz CT molecular complexity index is 509. The second-order valence-corrected chi connectivity index (χ2v) is 6.16. The van der Waals surface area contributed by atoms with Crippen LogP contribution in [0, 0.1) is 0 Å². The van der Waals surface area contributed by atoms with E-state index in [0.717, 1.165) is 22.9 Å². The number of aryl methyl sites for hydroxylation is 2. The van der Waals surface area contributed by atoms with Crippen LogP contribution in [0.25, 0.3) is 0 Å². The van der Waals surface area contributed by atoms with E-state index in [4.69, 9.17) is 0 Å². The zero-order chi connectivity index (χ0) is 11.7. The van der Waals surface area contributed by atoms with Gasteiger partial charge in [0.25, 0.3) is 0 Å². The predicted molar refractivity (Wildman–Crippen MR) is 70.8 cm³/mol. The highest BCUT2D eigenvalue weighted by atomic mass is 32.1. The molecule has 1 aliphatic carbocycles. The Morgan fingerprint density at radius 2 is 2.41 bits per heavy atom. The largest absolute Gasteiger partial charge is 0.302 e. The van der Waals surface area contributed by atoms with Crippen molar-refractivity contribution < 1.29 is 4.79 Å². The summed E-state index contributed by atoms with van der Waals surface area (Å²) in [7, 11) is 0. The number of thiophene rings is 1. The number of fused-ring (bicyclic) bond motifs is 1. The smallest absolute Gasteiger partial charge is 0.231 e. The molecule has 17 heavy (non-hydrogen) atoms. The summed E-state index contributed by atoms with van der Waals surface area (Å²) < 4.78 is 0. The highest BCUT2D eigenvalue weighted by Crippen LogP contribution is 2.30. The lowest BCUT2D eigenvalue weighted by atomic mass is 10.3. The maximum atomic E-state index is 11.8. The van der Waals surface area contributed by atoms with Crippen LogP contribution in [0.5, 0.6) is 0 Å². The molecule has 0 bridgehead atoms. The van der Waals surface area contributed by atoms with Crippen molar-refractivity contribution in [2.75, 3.05) is 5.32 Å². The molecule has 88 valence electrons. The number of carbonyl (C=O) groups is 1. The van der Waals surface area contributed by atoms with E-state index in [-0.39, 0.29) is 5.91 Å². The summed E-state index contributed by atoms with van der Waals surface area (Å²) in [5, 5.41) is 5.63. The second-order valence-electron chi connectivity index (χ2n) is 4.05. The Balaban J connectivity index is 1.64. The molecule has 0 aliphatic heterocycles. The molecule has 2 heterocycles. The standard InChI is InChI=1S/C12H12N2OS2/c15-11(7-8-3-2-6-16-8)14-12-13-9-4-1-5-10(9)17-12/h2-3,6H,1,4-5,7H2,(H,13,14,15). The minimum atomic E-state index is 0.0277. The first-order valence-corrected chi connectivity index (χ1v) is 7.32. The van der Waals surface area contributed by atoms with E-state index in [1.165, 1.54) is 17.0 Å². The number of thiazole rings is 1. The summed E-state index contributed by atoms with van der Waals surface area (Å²) in [6.07, 6.45) is 3.83. The highest BCUT2D eigenvalue weighted by Gasteiger charge is 2.17. The van der Waals surface area contributed by atoms with Gasteiger partial charge in [0.2, 0.25) is 5.91 Å². The van der Waals surface area contributed by atoms with Crippen LogP contribution in [0.4, 0.5) is 5.13 Å². The van der Waals surface area contributed by atoms with Gasteiger partial charge < -0.3 is 5.32 Å². The molecule has 0 saturated carbocycles. The molecule has 0 aromatic carbocycles. The van der Waals surface area contributed by atoms with Gasteiger partial charge in [-0.3, -0.25) is 4.79 Å². The van der Waals surface area contributed by atoms with Crippen LogP contribution in [0.3, 0.4) is 0 Å². The highest BCUT2D eigenvalue weighted by molar-refractivity contribution is 7.16. The van der Waals surface area contributed by atoms with Crippen molar-refractivity contribution in [3.05, 3.63) is 33.0 Å². The first kappa shape index (κ1) is 10.9. The van der Waals surface area contributed by atoms with Crippen LogP contribution in [0.15, 0.2) is 17.5 Å². The van der Waals surface area contributed by atoms with E-state index in [1.54, 1.807) is 22.7 Å². The fourth-order valence-electron chi connectivity index (χ4n) is 1.98. The van der Waals surface area contributed by atoms with Crippen molar-refractivity contribution in [1.29, 1.82) is 0 Å². The van der Waals surface area contributed by atoms with Gasteiger partial charge in [-0.2, -0.15) is 0 Å². The fourth-order valence-corrected chi connectivity index (χ4v) is 3.75. The van der Waals surface area contributed by atoms with Crippen LogP contribution < -0.4 is 5.32 Å². The summed E-state index contributed by atoms with van der Waals surface area (Å²) >= 11 is 3.23. The number of hydrogen-bond donors (Lipinski definition) is 1. The van der Waals surface area contributed by atoms with Gasteiger partial charge in [0.1, 0.15) is 0 Å². The van der Waals surface area contributed by atoms with Gasteiger partial charge in [-0.15, -0.1) is 22.7 Å². The molecular weight excluding hydrogens is 252 g/mol. The zero-order valence-electron chi connectivity index (χ0n) is 9.23. The number of carbonyl (C=O) groups excluding carboxylic acids is 1. The Hall–Kier alpha value is -1.20. The molecule has 2 aromatic heterocycles. The average molecular weight is 264 g/mol. The molecule has 1 amide bonds. The van der Waals surface area contributed by atoms with Crippen molar-refractivity contribution in [2.24, 2.45) is 0 Å². The lowest BCUT2D eigenvalue weighted by molar-refractivity contribution is -0.115. The lowest BCUT2D eigenvalue weighted by Crippen LogP contribution is -2.13. The first-order valence-electron chi connectivity index (χ1n) is 5.62. The van der Waals surface area contributed by atoms with E-state index in [1.807, 2.05) is 17.5 Å². The third-order valence-corrected chi connectivity index (χ3v) is 4.71. The SMILES string of the molecule is O=C(Cc1cccs1)Nc1nc2c(s1)CCC2. The maximum absolute atomic E-state index is 11.8. The number of nitrogens with one attached hydrogen (secondary N) is 1. The van der Waals surface area contributed by atoms with Crippen LogP contribution in [0.1, 0.15) is 21.9 Å². The van der Waals surface area contributed by atoms with E-state index in [9.17, 15) is 4.79 Å². The maximum Gasteiger partial charge on any atom is 0.231 e. The summed E-state index contributed by atoms with van der Waals surface area (Å²) in [6.45, 7) is 0. The topological polar surface area (TPSA) is 42.0 Å². The molecule has 3 nitrogen and oxygen atoms in total. The fraction of sp³-hybridized carbons (Fsp3) is 0.333. The minimum absolute atomic E-state index is 0.0277. The molecule has 0 spiro atoms. The van der Waals surface area contributed by atoms with Crippen LogP contribution in [-0.4, -0.2) is 10.9 Å². The molecule has 2 aromatic rings. The van der Waals surface area contributed by atoms with Crippen molar-refractivity contribution in [2.45, 2.75) is 25.7 Å². The van der Waals surface area contributed by atoms with Gasteiger partial charge in [-0.05, 0) is 30.7 Å². The van der Waals surface area contributed by atoms with Crippen molar-refractivity contribution in [3.8, 4) is 0 Å². The Morgan fingerprint density at radius 1 is 1.47 bits per heavy atom. The van der Waals surface area contributed by atoms with Crippen molar-refractivity contribution >= 4 is 33.7 Å². The summed E-state index contributed by atoms with van der Waals surface area (Å²) in [6, 6.07) is 3.94. The average Bonchev–Trinajstić information content (AvgIpc) is 2.92. The van der Waals surface area contributed by atoms with E-state index in [2.05, 4.69) is 10.3 Å². The molecule has 0 radical (unpaired) electrons. The van der Waals surface area contributed by atoms with Gasteiger partial charge in [-0.1, -0.05) is 6.07 Å². The third-order valence-electron chi connectivity index (χ3n) is 2.76. The second kappa shape index (κ2) is 4.58. The van der Waals surface area contributed by atoms with Crippen LogP contribution in [0.2, 0.25) is 0 Å². The Kier molecular flexibility index (Phi) is 2.94. The minimum Gasteiger partial charge on any atom is -0.302 e. The molecule has 1 aliphatic rings. The first-order chi connectivity index (χ1) is 8.31. The lowest BCUT2D eigenvalue weighted by Gasteiger charge is -1.99. The molecule has 0 atom stereocenters. The molecule has 0 fully saturated rings. The number of rotatable bonds is 3. The number of hydrogen-bond acceptors (Lipinski definition) is 4.